The maximum atomic E-state index is 5.41. The zero-order chi connectivity index (χ0) is 73.8. The molecule has 0 fully saturated rings. The Kier molecular flexibility index (Phi) is 18.0. The van der Waals surface area contributed by atoms with Gasteiger partial charge in [0.05, 0.1) is 0 Å². The number of hydrogen-bond acceptors (Lipinski definition) is 6. The third-order valence-electron chi connectivity index (χ3n) is 21.1. The minimum Gasteiger partial charge on any atom is -0.311 e. The fourth-order valence-corrected chi connectivity index (χ4v) is 15.5. The van der Waals surface area contributed by atoms with Crippen molar-refractivity contribution in [2.45, 2.75) is 0 Å². The maximum absolute atomic E-state index is 5.41. The third kappa shape index (κ3) is 13.6. The molecule has 0 radical (unpaired) electrons. The molecule has 0 saturated heterocycles. The molecule has 18 aromatic carbocycles. The fraction of sp³-hybridized carbons (Fsp3) is 0. The second kappa shape index (κ2) is 29.8. The lowest BCUT2D eigenvalue weighted by atomic mass is 9.90. The van der Waals surface area contributed by atoms with Crippen molar-refractivity contribution in [3.05, 3.63) is 437 Å². The molecule has 0 unspecified atom stereocenters. The van der Waals surface area contributed by atoms with E-state index in [1.807, 2.05) is 0 Å². The van der Waals surface area contributed by atoms with Crippen molar-refractivity contribution in [3.8, 4) is 101 Å². The Labute approximate surface area is 646 Å². The predicted molar refractivity (Wildman–Crippen MR) is 465 cm³/mol. The van der Waals surface area contributed by atoms with Crippen LogP contribution in [-0.2, 0) is 0 Å². The van der Waals surface area contributed by atoms with Gasteiger partial charge in [-0.1, -0.05) is 291 Å². The summed E-state index contributed by atoms with van der Waals surface area (Å²) in [6.07, 6.45) is 0. The van der Waals surface area contributed by atoms with Gasteiger partial charge in [-0.2, -0.15) is 0 Å². The molecule has 0 N–H and O–H groups in total. The second-order valence-electron chi connectivity index (χ2n) is 27.9. The van der Waals surface area contributed by atoms with E-state index in [0.29, 0.717) is 17.5 Å². The summed E-state index contributed by atoms with van der Waals surface area (Å²) < 4.78 is 0. The lowest BCUT2D eigenvalue weighted by molar-refractivity contribution is 1.07. The molecule has 0 aliphatic heterocycles. The smallest absolute Gasteiger partial charge is 0.164 e. The number of hydrogen-bond donors (Lipinski definition) is 0. The van der Waals surface area contributed by atoms with Crippen LogP contribution >= 0.6 is 0 Å². The molecule has 19 aromatic rings. The van der Waals surface area contributed by atoms with Gasteiger partial charge in [-0.25, -0.2) is 15.0 Å². The normalized spacial score (nSPS) is 11.2. The van der Waals surface area contributed by atoms with E-state index in [2.05, 4.69) is 451 Å². The average Bonchev–Trinajstić information content (AvgIpc) is 0.774. The molecule has 6 heteroatoms. The SMILES string of the molecule is c1ccc(N(c2ccccc2)c2ccc(-c3cc4ccccc4cc3-c3ccc(-c4nc(-c5ccc(-c6cc7ccccc7cc6-c6ccc(N(c7ccccc7)c7ccccc7)cc6)cc5)nc(-c5ccc(-c6cc7ccccc7cc6-c6ccc(N(c7ccccc7)c7ccccc7)cc6)cc5)n4)cc3)cc2)cc1. The molecule has 0 atom stereocenters. The molecule has 1 heterocycles. The molecule has 0 spiro atoms. The highest BCUT2D eigenvalue weighted by atomic mass is 15.2. The van der Waals surface area contributed by atoms with Crippen LogP contribution in [-0.4, -0.2) is 15.0 Å². The summed E-state index contributed by atoms with van der Waals surface area (Å²) in [6.45, 7) is 0. The van der Waals surface area contributed by atoms with Gasteiger partial charge in [-0.15, -0.1) is 0 Å². The third-order valence-corrected chi connectivity index (χ3v) is 21.1. The Morgan fingerprint density at radius 1 is 0.126 bits per heavy atom. The van der Waals surface area contributed by atoms with Gasteiger partial charge in [0.1, 0.15) is 0 Å². The van der Waals surface area contributed by atoms with Gasteiger partial charge < -0.3 is 14.7 Å². The van der Waals surface area contributed by atoms with E-state index < -0.39 is 0 Å². The van der Waals surface area contributed by atoms with Crippen molar-refractivity contribution in [1.82, 2.24) is 15.0 Å². The molecule has 19 rings (SSSR count). The van der Waals surface area contributed by atoms with Crippen LogP contribution in [0.3, 0.4) is 0 Å². The van der Waals surface area contributed by atoms with E-state index in [4.69, 9.17) is 15.0 Å². The standard InChI is InChI=1S/C105H72N6/c1-7-31-88(32-8-1)109(89-33-9-2-10-34-89)94-61-55-76(56-62-94)100-70-85-28-22-19-25-82(85)67-97(100)73-43-49-79(50-44-73)103-106-104(80-51-45-74(46-52-80)98-68-83-26-20-23-29-86(83)71-101(98)77-57-63-95(64-58-77)110(90-35-11-3-12-36-90)91-37-13-4-14-38-91)108-105(107-103)81-53-47-75(48-54-81)99-69-84-27-21-24-30-87(84)72-102(99)78-59-65-96(66-60-78)111(92-39-15-5-16-40-92)93-41-17-6-18-42-93/h1-72H. The first kappa shape index (κ1) is 66.8. The molecule has 0 bridgehead atoms. The number of anilines is 9. The Hall–Kier alpha value is -14.9. The van der Waals surface area contributed by atoms with Crippen molar-refractivity contribution in [1.29, 1.82) is 0 Å². The van der Waals surface area contributed by atoms with Crippen LogP contribution < -0.4 is 14.7 Å². The molecule has 522 valence electrons. The monoisotopic (exact) mass is 1420 g/mol. The molecular weight excluding hydrogens is 1350 g/mol. The summed E-state index contributed by atoms with van der Waals surface area (Å²) in [5.41, 5.74) is 25.8. The number of aromatic nitrogens is 3. The summed E-state index contributed by atoms with van der Waals surface area (Å²) in [5, 5.41) is 7.03. The van der Waals surface area contributed by atoms with E-state index in [1.165, 1.54) is 32.3 Å². The minimum atomic E-state index is 0.571. The van der Waals surface area contributed by atoms with Crippen LogP contribution in [0.15, 0.2) is 437 Å². The summed E-state index contributed by atoms with van der Waals surface area (Å²) >= 11 is 0. The molecule has 6 nitrogen and oxygen atoms in total. The number of benzene rings is 18. The van der Waals surface area contributed by atoms with Gasteiger partial charge in [-0.3, -0.25) is 0 Å². The van der Waals surface area contributed by atoms with Crippen molar-refractivity contribution < 1.29 is 0 Å². The molecule has 0 aliphatic carbocycles. The number of fused-ring (bicyclic) bond motifs is 3. The van der Waals surface area contributed by atoms with Crippen molar-refractivity contribution in [2.24, 2.45) is 0 Å². The van der Waals surface area contributed by atoms with Gasteiger partial charge in [0.2, 0.25) is 0 Å². The first-order valence-corrected chi connectivity index (χ1v) is 37.7. The highest BCUT2D eigenvalue weighted by Crippen LogP contribution is 2.45. The number of para-hydroxylation sites is 6. The topological polar surface area (TPSA) is 48.4 Å². The zero-order valence-electron chi connectivity index (χ0n) is 60.8. The first-order valence-electron chi connectivity index (χ1n) is 37.7. The van der Waals surface area contributed by atoms with E-state index in [9.17, 15) is 0 Å². The minimum absolute atomic E-state index is 0.571. The van der Waals surface area contributed by atoms with Gasteiger partial charge in [-0.05, 0) is 245 Å². The van der Waals surface area contributed by atoms with E-state index in [1.54, 1.807) is 0 Å². The molecule has 0 aliphatic rings. The molecular formula is C105H72N6. The summed E-state index contributed by atoms with van der Waals surface area (Å²) in [7, 11) is 0. The first-order chi connectivity index (χ1) is 55.0. The van der Waals surface area contributed by atoms with Crippen LogP contribution in [0.1, 0.15) is 0 Å². The Balaban J connectivity index is 0.697. The predicted octanol–water partition coefficient (Wildman–Crippen LogP) is 28.7. The van der Waals surface area contributed by atoms with Crippen LogP contribution in [0.4, 0.5) is 51.2 Å². The van der Waals surface area contributed by atoms with Crippen molar-refractivity contribution in [2.75, 3.05) is 14.7 Å². The molecule has 0 saturated carbocycles. The Bertz CT molecular complexity index is 5720. The lowest BCUT2D eigenvalue weighted by Gasteiger charge is -2.25. The highest BCUT2D eigenvalue weighted by Gasteiger charge is 2.22. The molecule has 0 amide bonds. The zero-order valence-corrected chi connectivity index (χ0v) is 60.8. The van der Waals surface area contributed by atoms with Gasteiger partial charge in [0.15, 0.2) is 17.5 Å². The van der Waals surface area contributed by atoms with E-state index in [0.717, 1.165) is 135 Å². The Morgan fingerprint density at radius 3 is 0.432 bits per heavy atom. The number of nitrogens with zero attached hydrogens (tertiary/aromatic N) is 6. The summed E-state index contributed by atoms with van der Waals surface area (Å²) in [5.74, 6) is 1.71. The van der Waals surface area contributed by atoms with E-state index in [-0.39, 0.29) is 0 Å². The van der Waals surface area contributed by atoms with Gasteiger partial charge in [0, 0.05) is 67.9 Å². The maximum Gasteiger partial charge on any atom is 0.164 e. The average molecular weight is 1420 g/mol. The number of rotatable bonds is 18. The molecule has 1 aromatic heterocycles. The van der Waals surface area contributed by atoms with Crippen LogP contribution in [0.5, 0.6) is 0 Å². The largest absolute Gasteiger partial charge is 0.311 e. The summed E-state index contributed by atoms with van der Waals surface area (Å²) in [4.78, 5) is 23.1. The quantitative estimate of drug-likeness (QED) is 0.0853. The molecule has 111 heavy (non-hydrogen) atoms. The van der Waals surface area contributed by atoms with Crippen molar-refractivity contribution in [3.63, 3.8) is 0 Å². The van der Waals surface area contributed by atoms with Crippen LogP contribution in [0, 0.1) is 0 Å². The van der Waals surface area contributed by atoms with Crippen molar-refractivity contribution >= 4 is 83.5 Å². The van der Waals surface area contributed by atoms with Crippen LogP contribution in [0.25, 0.3) is 133 Å². The second-order valence-corrected chi connectivity index (χ2v) is 27.9. The summed E-state index contributed by atoms with van der Waals surface area (Å²) in [6, 6.07) is 156. The highest BCUT2D eigenvalue weighted by molar-refractivity contribution is 6.01. The van der Waals surface area contributed by atoms with Gasteiger partial charge >= 0.3 is 0 Å². The van der Waals surface area contributed by atoms with Gasteiger partial charge in [0.25, 0.3) is 0 Å². The lowest BCUT2D eigenvalue weighted by Crippen LogP contribution is -2.09. The Morgan fingerprint density at radius 2 is 0.261 bits per heavy atom. The fourth-order valence-electron chi connectivity index (χ4n) is 15.5. The van der Waals surface area contributed by atoms with Crippen LogP contribution in [0.2, 0.25) is 0 Å². The van der Waals surface area contributed by atoms with E-state index >= 15 is 0 Å².